The van der Waals surface area contributed by atoms with E-state index in [2.05, 4.69) is 10.1 Å². The summed E-state index contributed by atoms with van der Waals surface area (Å²) in [6.45, 7) is 4.17. The van der Waals surface area contributed by atoms with Gasteiger partial charge < -0.3 is 14.0 Å². The molecule has 0 saturated carbocycles. The van der Waals surface area contributed by atoms with Gasteiger partial charge in [-0.05, 0) is 44.2 Å². The fourth-order valence-corrected chi connectivity index (χ4v) is 3.65. The molecule has 2 aromatic heterocycles. The number of fused-ring (bicyclic) bond motifs is 1. The van der Waals surface area contributed by atoms with E-state index in [4.69, 9.17) is 14.0 Å². The predicted octanol–water partition coefficient (Wildman–Crippen LogP) is 4.84. The van der Waals surface area contributed by atoms with E-state index in [0.29, 0.717) is 17.9 Å². The Balaban J connectivity index is 1.39. The SMILES string of the molecule is Cc1noc(C)c1COc1cccc(C(=O)OCc2nc3ccccc3s2)c1. The molecule has 0 radical (unpaired) electrons. The number of benzene rings is 2. The number of aryl methyl sites for hydroxylation is 2. The summed E-state index contributed by atoms with van der Waals surface area (Å²) in [5.74, 6) is 0.889. The van der Waals surface area contributed by atoms with Crippen molar-refractivity contribution >= 4 is 27.5 Å². The highest BCUT2D eigenvalue weighted by atomic mass is 32.1. The molecule has 7 heteroatoms. The minimum Gasteiger partial charge on any atom is -0.489 e. The van der Waals surface area contributed by atoms with Crippen LogP contribution in [0.1, 0.15) is 32.4 Å². The first-order valence-corrected chi connectivity index (χ1v) is 9.58. The second-order valence-corrected chi connectivity index (χ2v) is 7.39. The number of para-hydroxylation sites is 1. The van der Waals surface area contributed by atoms with Crippen LogP contribution >= 0.6 is 11.3 Å². The Labute approximate surface area is 165 Å². The van der Waals surface area contributed by atoms with E-state index in [0.717, 1.165) is 32.2 Å². The quantitative estimate of drug-likeness (QED) is 0.436. The maximum Gasteiger partial charge on any atom is 0.338 e. The summed E-state index contributed by atoms with van der Waals surface area (Å²) in [6, 6.07) is 14.8. The standard InChI is InChI=1S/C21H18N2O4S/c1-13-17(14(2)27-23-13)11-25-16-7-5-6-15(10-16)21(24)26-12-20-22-18-8-3-4-9-19(18)28-20/h3-10H,11-12H2,1-2H3. The molecule has 0 saturated heterocycles. The first kappa shape index (κ1) is 18.2. The second kappa shape index (κ2) is 7.82. The Bertz CT molecular complexity index is 1080. The first-order chi connectivity index (χ1) is 13.6. The van der Waals surface area contributed by atoms with Gasteiger partial charge in [0, 0.05) is 0 Å². The molecule has 142 valence electrons. The molecule has 4 aromatic rings. The number of esters is 1. The van der Waals surface area contributed by atoms with Crippen LogP contribution in [0.15, 0.2) is 53.1 Å². The van der Waals surface area contributed by atoms with Crippen molar-refractivity contribution in [3.63, 3.8) is 0 Å². The van der Waals surface area contributed by atoms with Crippen LogP contribution in [0.5, 0.6) is 5.75 Å². The van der Waals surface area contributed by atoms with Crippen LogP contribution in [-0.4, -0.2) is 16.1 Å². The third-order valence-electron chi connectivity index (χ3n) is 4.30. The second-order valence-electron chi connectivity index (χ2n) is 6.27. The molecule has 0 aliphatic carbocycles. The summed E-state index contributed by atoms with van der Waals surface area (Å²) in [5.41, 5.74) is 3.04. The van der Waals surface area contributed by atoms with Gasteiger partial charge in [0.1, 0.15) is 29.7 Å². The Morgan fingerprint density at radius 2 is 1.96 bits per heavy atom. The molecule has 28 heavy (non-hydrogen) atoms. The molecule has 0 aliphatic heterocycles. The van der Waals surface area contributed by atoms with Gasteiger partial charge in [0.2, 0.25) is 0 Å². The van der Waals surface area contributed by atoms with Crippen molar-refractivity contribution in [2.24, 2.45) is 0 Å². The van der Waals surface area contributed by atoms with Gasteiger partial charge >= 0.3 is 5.97 Å². The van der Waals surface area contributed by atoms with E-state index in [9.17, 15) is 4.79 Å². The van der Waals surface area contributed by atoms with Crippen molar-refractivity contribution in [1.82, 2.24) is 10.1 Å². The highest BCUT2D eigenvalue weighted by molar-refractivity contribution is 7.18. The minimum atomic E-state index is -0.415. The lowest BCUT2D eigenvalue weighted by molar-refractivity contribution is 0.0472. The average molecular weight is 394 g/mol. The van der Waals surface area contributed by atoms with Gasteiger partial charge in [-0.25, -0.2) is 9.78 Å². The third-order valence-corrected chi connectivity index (χ3v) is 5.31. The molecule has 4 rings (SSSR count). The lowest BCUT2D eigenvalue weighted by atomic mass is 10.2. The minimum absolute atomic E-state index is 0.141. The van der Waals surface area contributed by atoms with Crippen molar-refractivity contribution in [3.05, 3.63) is 76.1 Å². The number of carbonyl (C=O) groups is 1. The molecule has 0 spiro atoms. The van der Waals surface area contributed by atoms with Crippen molar-refractivity contribution < 1.29 is 18.8 Å². The summed E-state index contributed by atoms with van der Waals surface area (Å²) in [5, 5.41) is 4.67. The average Bonchev–Trinajstić information content (AvgIpc) is 3.27. The maximum absolute atomic E-state index is 12.4. The molecule has 0 N–H and O–H groups in total. The Hall–Kier alpha value is -3.19. The fourth-order valence-electron chi connectivity index (χ4n) is 2.77. The number of rotatable bonds is 6. The topological polar surface area (TPSA) is 74.5 Å². The van der Waals surface area contributed by atoms with Gasteiger partial charge in [0.15, 0.2) is 0 Å². The lowest BCUT2D eigenvalue weighted by Gasteiger charge is -2.08. The number of hydrogen-bond acceptors (Lipinski definition) is 7. The number of hydrogen-bond donors (Lipinski definition) is 0. The molecular formula is C21H18N2O4S. The Morgan fingerprint density at radius 1 is 1.11 bits per heavy atom. The largest absolute Gasteiger partial charge is 0.489 e. The summed E-state index contributed by atoms with van der Waals surface area (Å²) < 4.78 is 17.4. The third kappa shape index (κ3) is 3.89. The van der Waals surface area contributed by atoms with E-state index in [-0.39, 0.29) is 6.61 Å². The molecule has 0 fully saturated rings. The molecular weight excluding hydrogens is 376 g/mol. The zero-order valence-electron chi connectivity index (χ0n) is 15.5. The molecule has 2 heterocycles. The zero-order chi connectivity index (χ0) is 19.5. The number of thiazole rings is 1. The Kier molecular flexibility index (Phi) is 5.08. The first-order valence-electron chi connectivity index (χ1n) is 8.76. The van der Waals surface area contributed by atoms with Gasteiger partial charge in [-0.1, -0.05) is 23.4 Å². The van der Waals surface area contributed by atoms with Crippen LogP contribution < -0.4 is 4.74 Å². The van der Waals surface area contributed by atoms with Gasteiger partial charge in [-0.15, -0.1) is 11.3 Å². The van der Waals surface area contributed by atoms with Gasteiger partial charge in [-0.3, -0.25) is 0 Å². The number of nitrogens with zero attached hydrogens (tertiary/aromatic N) is 2. The van der Waals surface area contributed by atoms with Gasteiger partial charge in [0.25, 0.3) is 0 Å². The summed E-state index contributed by atoms with van der Waals surface area (Å²) in [4.78, 5) is 16.9. The van der Waals surface area contributed by atoms with Gasteiger partial charge in [-0.2, -0.15) is 0 Å². The number of ether oxygens (including phenoxy) is 2. The summed E-state index contributed by atoms with van der Waals surface area (Å²) in [6.07, 6.45) is 0. The summed E-state index contributed by atoms with van der Waals surface area (Å²) >= 11 is 1.52. The van der Waals surface area contributed by atoms with Crippen molar-refractivity contribution in [2.75, 3.05) is 0 Å². The highest BCUT2D eigenvalue weighted by Gasteiger charge is 2.13. The molecule has 2 aromatic carbocycles. The van der Waals surface area contributed by atoms with E-state index >= 15 is 0 Å². The number of carbonyl (C=O) groups excluding carboxylic acids is 1. The lowest BCUT2D eigenvalue weighted by Crippen LogP contribution is -2.06. The van der Waals surface area contributed by atoms with Crippen LogP contribution in [0, 0.1) is 13.8 Å². The van der Waals surface area contributed by atoms with Crippen LogP contribution in [0.25, 0.3) is 10.2 Å². The van der Waals surface area contributed by atoms with E-state index in [1.54, 1.807) is 24.3 Å². The smallest absolute Gasteiger partial charge is 0.338 e. The van der Waals surface area contributed by atoms with Crippen LogP contribution in [0.4, 0.5) is 0 Å². The normalized spacial score (nSPS) is 10.9. The highest BCUT2D eigenvalue weighted by Crippen LogP contribution is 2.23. The zero-order valence-corrected chi connectivity index (χ0v) is 16.3. The molecule has 6 nitrogen and oxygen atoms in total. The molecule has 0 unspecified atom stereocenters. The monoisotopic (exact) mass is 394 g/mol. The molecule has 0 bridgehead atoms. The van der Waals surface area contributed by atoms with E-state index < -0.39 is 5.97 Å². The van der Waals surface area contributed by atoms with Crippen molar-refractivity contribution in [2.45, 2.75) is 27.1 Å². The predicted molar refractivity (Wildman–Crippen MR) is 105 cm³/mol. The number of aromatic nitrogens is 2. The molecule has 0 atom stereocenters. The van der Waals surface area contributed by atoms with E-state index in [1.165, 1.54) is 11.3 Å². The maximum atomic E-state index is 12.4. The van der Waals surface area contributed by atoms with Crippen LogP contribution in [-0.2, 0) is 18.0 Å². The van der Waals surface area contributed by atoms with Crippen LogP contribution in [0.2, 0.25) is 0 Å². The van der Waals surface area contributed by atoms with Gasteiger partial charge in [0.05, 0.1) is 27.0 Å². The summed E-state index contributed by atoms with van der Waals surface area (Å²) in [7, 11) is 0. The van der Waals surface area contributed by atoms with Crippen molar-refractivity contribution in [3.8, 4) is 5.75 Å². The molecule has 0 amide bonds. The van der Waals surface area contributed by atoms with Crippen molar-refractivity contribution in [1.29, 1.82) is 0 Å². The Morgan fingerprint density at radius 3 is 2.75 bits per heavy atom. The molecule has 0 aliphatic rings. The fraction of sp³-hybridized carbons (Fsp3) is 0.190. The van der Waals surface area contributed by atoms with E-state index in [1.807, 2.05) is 38.1 Å². The van der Waals surface area contributed by atoms with Crippen LogP contribution in [0.3, 0.4) is 0 Å².